The third-order valence-corrected chi connectivity index (χ3v) is 5.72. The molecular weight excluding hydrogens is 360 g/mol. The van der Waals surface area contributed by atoms with Crippen molar-refractivity contribution in [2.45, 2.75) is 4.87 Å². The molecule has 0 N–H and O–H groups in total. The minimum Gasteiger partial charge on any atom is -0.104 e. The van der Waals surface area contributed by atoms with Crippen molar-refractivity contribution in [3.05, 3.63) is 138 Å². The number of benzene rings is 4. The molecule has 0 fully saturated rings. The van der Waals surface area contributed by atoms with E-state index >= 15 is 0 Å². The summed E-state index contributed by atoms with van der Waals surface area (Å²) in [4.78, 5) is -0.798. The highest BCUT2D eigenvalue weighted by atomic mass is 35.5. The van der Waals surface area contributed by atoms with Crippen molar-refractivity contribution in [3.63, 3.8) is 0 Å². The molecule has 0 bridgehead atoms. The van der Waals surface area contributed by atoms with Gasteiger partial charge in [0.1, 0.15) is 4.87 Å². The molecule has 1 heteroatoms. The fourth-order valence-electron chi connectivity index (χ4n) is 3.66. The van der Waals surface area contributed by atoms with E-state index in [4.69, 9.17) is 11.6 Å². The van der Waals surface area contributed by atoms with Gasteiger partial charge < -0.3 is 0 Å². The van der Waals surface area contributed by atoms with Crippen molar-refractivity contribution in [2.24, 2.45) is 0 Å². The normalized spacial score (nSPS) is 11.2. The second-order valence-corrected chi connectivity index (χ2v) is 7.33. The first-order valence-corrected chi connectivity index (χ1v) is 9.73. The van der Waals surface area contributed by atoms with Crippen LogP contribution in [0.15, 0.2) is 116 Å². The lowest BCUT2D eigenvalue weighted by atomic mass is 9.80. The van der Waals surface area contributed by atoms with E-state index in [-0.39, 0.29) is 0 Å². The molecule has 0 aliphatic carbocycles. The van der Waals surface area contributed by atoms with Crippen LogP contribution in [0.3, 0.4) is 0 Å². The van der Waals surface area contributed by atoms with E-state index in [1.54, 1.807) is 0 Å². The lowest BCUT2D eigenvalue weighted by molar-refractivity contribution is 0.881. The van der Waals surface area contributed by atoms with Crippen molar-refractivity contribution in [3.8, 4) is 11.1 Å². The molecule has 0 unspecified atom stereocenters. The summed E-state index contributed by atoms with van der Waals surface area (Å²) in [6.45, 7) is 3.94. The topological polar surface area (TPSA) is 0 Å². The third kappa shape index (κ3) is 3.28. The molecular formula is C27H21Cl. The van der Waals surface area contributed by atoms with Gasteiger partial charge in [0.15, 0.2) is 0 Å². The van der Waals surface area contributed by atoms with Crippen LogP contribution in [0.1, 0.15) is 22.3 Å². The summed E-state index contributed by atoms with van der Waals surface area (Å²) in [7, 11) is 0. The van der Waals surface area contributed by atoms with E-state index in [1.165, 1.54) is 0 Å². The lowest BCUT2D eigenvalue weighted by Crippen LogP contribution is -2.23. The molecule has 0 aromatic heterocycles. The van der Waals surface area contributed by atoms with Gasteiger partial charge in [-0.1, -0.05) is 116 Å². The predicted octanol–water partition coefficient (Wildman–Crippen LogP) is 7.53. The Morgan fingerprint density at radius 2 is 1.14 bits per heavy atom. The van der Waals surface area contributed by atoms with Crippen LogP contribution in [0.4, 0.5) is 0 Å². The van der Waals surface area contributed by atoms with Crippen molar-refractivity contribution in [1.82, 2.24) is 0 Å². The van der Waals surface area contributed by atoms with Gasteiger partial charge in [0.25, 0.3) is 0 Å². The van der Waals surface area contributed by atoms with Crippen molar-refractivity contribution >= 4 is 17.7 Å². The molecule has 4 rings (SSSR count). The van der Waals surface area contributed by atoms with E-state index in [0.717, 1.165) is 33.4 Å². The average molecular weight is 381 g/mol. The molecule has 0 aliphatic rings. The van der Waals surface area contributed by atoms with Gasteiger partial charge >= 0.3 is 0 Å². The zero-order valence-corrected chi connectivity index (χ0v) is 16.3. The number of halogens is 1. The van der Waals surface area contributed by atoms with Crippen LogP contribution in [0.25, 0.3) is 17.2 Å². The minimum atomic E-state index is -0.798. The number of alkyl halides is 1. The fraction of sp³-hybridized carbons (Fsp3) is 0.0370. The zero-order chi connectivity index (χ0) is 19.4. The quantitative estimate of drug-likeness (QED) is 0.248. The van der Waals surface area contributed by atoms with E-state index < -0.39 is 4.87 Å². The highest BCUT2D eigenvalue weighted by Gasteiger charge is 2.36. The Kier molecular flexibility index (Phi) is 5.14. The molecule has 4 aromatic rings. The summed E-state index contributed by atoms with van der Waals surface area (Å²) in [6, 6.07) is 37.3. The van der Waals surface area contributed by atoms with Crippen LogP contribution >= 0.6 is 11.6 Å². The standard InChI is InChI=1S/C27H21Cl/c1-2-21-18-19-26(25(20-21)22-12-6-3-7-13-22)27(28,23-14-8-4-9-15-23)24-16-10-5-11-17-24/h2-20H,1H2. The number of hydrogen-bond donors (Lipinski definition) is 0. The van der Waals surface area contributed by atoms with Crippen molar-refractivity contribution < 1.29 is 0 Å². The highest BCUT2D eigenvalue weighted by Crippen LogP contribution is 2.46. The van der Waals surface area contributed by atoms with Crippen LogP contribution in [-0.2, 0) is 4.87 Å². The molecule has 0 aliphatic heterocycles. The van der Waals surface area contributed by atoms with Crippen LogP contribution in [0.5, 0.6) is 0 Å². The van der Waals surface area contributed by atoms with E-state index in [2.05, 4.69) is 73.3 Å². The van der Waals surface area contributed by atoms with E-state index in [1.807, 2.05) is 48.5 Å². The van der Waals surface area contributed by atoms with E-state index in [9.17, 15) is 0 Å². The van der Waals surface area contributed by atoms with Gasteiger partial charge in [-0.3, -0.25) is 0 Å². The lowest BCUT2D eigenvalue weighted by Gasteiger charge is -2.31. The van der Waals surface area contributed by atoms with Gasteiger partial charge in [0.2, 0.25) is 0 Å². The van der Waals surface area contributed by atoms with Gasteiger partial charge in [0, 0.05) is 0 Å². The molecule has 4 aromatic carbocycles. The first-order chi connectivity index (χ1) is 13.7. The highest BCUT2D eigenvalue weighted by molar-refractivity contribution is 6.28. The molecule has 0 nitrogen and oxygen atoms in total. The molecule has 0 amide bonds. The zero-order valence-electron chi connectivity index (χ0n) is 15.6. The Labute approximate surface area is 171 Å². The summed E-state index contributed by atoms with van der Waals surface area (Å²) < 4.78 is 0. The molecule has 0 saturated heterocycles. The van der Waals surface area contributed by atoms with Crippen LogP contribution in [0, 0.1) is 0 Å². The maximum absolute atomic E-state index is 7.54. The molecule has 0 saturated carbocycles. The van der Waals surface area contributed by atoms with Crippen LogP contribution < -0.4 is 0 Å². The van der Waals surface area contributed by atoms with Gasteiger partial charge in [-0.25, -0.2) is 0 Å². The molecule has 0 radical (unpaired) electrons. The van der Waals surface area contributed by atoms with Gasteiger partial charge in [-0.15, -0.1) is 11.6 Å². The van der Waals surface area contributed by atoms with Gasteiger partial charge in [0.05, 0.1) is 0 Å². The monoisotopic (exact) mass is 380 g/mol. The Balaban J connectivity index is 2.04. The SMILES string of the molecule is C=Cc1ccc(C(Cl)(c2ccccc2)c2ccccc2)c(-c2ccccc2)c1. The van der Waals surface area contributed by atoms with Crippen LogP contribution in [0.2, 0.25) is 0 Å². The van der Waals surface area contributed by atoms with Gasteiger partial charge in [-0.2, -0.15) is 0 Å². The number of rotatable bonds is 5. The summed E-state index contributed by atoms with van der Waals surface area (Å²) in [5, 5.41) is 0. The maximum Gasteiger partial charge on any atom is 0.120 e. The Hall–Kier alpha value is -3.09. The summed E-state index contributed by atoms with van der Waals surface area (Å²) in [5.74, 6) is 0. The van der Waals surface area contributed by atoms with Crippen LogP contribution in [-0.4, -0.2) is 0 Å². The first kappa shape index (κ1) is 18.3. The third-order valence-electron chi connectivity index (χ3n) is 5.08. The second-order valence-electron chi connectivity index (χ2n) is 6.77. The summed E-state index contributed by atoms with van der Waals surface area (Å²) in [6.07, 6.45) is 1.87. The largest absolute Gasteiger partial charge is 0.120 e. The Morgan fingerprint density at radius 3 is 1.64 bits per heavy atom. The smallest absolute Gasteiger partial charge is 0.104 e. The molecule has 28 heavy (non-hydrogen) atoms. The summed E-state index contributed by atoms with van der Waals surface area (Å²) >= 11 is 7.54. The van der Waals surface area contributed by atoms with Crippen molar-refractivity contribution in [2.75, 3.05) is 0 Å². The average Bonchev–Trinajstić information content (AvgIpc) is 2.80. The maximum atomic E-state index is 7.54. The fourth-order valence-corrected chi connectivity index (χ4v) is 4.08. The van der Waals surface area contributed by atoms with Gasteiger partial charge in [-0.05, 0) is 39.4 Å². The van der Waals surface area contributed by atoms with Crippen molar-refractivity contribution in [1.29, 1.82) is 0 Å². The minimum absolute atomic E-state index is 0.798. The molecule has 136 valence electrons. The Bertz CT molecular complexity index is 1030. The number of hydrogen-bond acceptors (Lipinski definition) is 0. The molecule has 0 spiro atoms. The second kappa shape index (κ2) is 7.88. The summed E-state index contributed by atoms with van der Waals surface area (Å²) in [5.41, 5.74) is 6.47. The first-order valence-electron chi connectivity index (χ1n) is 9.36. The molecule has 0 heterocycles. The van der Waals surface area contributed by atoms with E-state index in [0.29, 0.717) is 0 Å². The molecule has 0 atom stereocenters. The predicted molar refractivity (Wildman–Crippen MR) is 121 cm³/mol. The Morgan fingerprint density at radius 1 is 0.643 bits per heavy atom.